The molecule has 5 heteroatoms. The summed E-state index contributed by atoms with van der Waals surface area (Å²) in [5.41, 5.74) is 2.57. The molecular formula is C19H18N2O2S. The highest BCUT2D eigenvalue weighted by atomic mass is 32.1. The van der Waals surface area contributed by atoms with Gasteiger partial charge in [-0.25, -0.2) is 0 Å². The van der Waals surface area contributed by atoms with E-state index in [0.29, 0.717) is 6.54 Å². The predicted molar refractivity (Wildman–Crippen MR) is 95.6 cm³/mol. The topological polar surface area (TPSA) is 45.5 Å². The van der Waals surface area contributed by atoms with E-state index >= 15 is 0 Å². The van der Waals surface area contributed by atoms with Gasteiger partial charge in [0.25, 0.3) is 5.91 Å². The zero-order chi connectivity index (χ0) is 16.4. The van der Waals surface area contributed by atoms with Gasteiger partial charge < -0.3 is 14.6 Å². The van der Waals surface area contributed by atoms with Crippen molar-refractivity contribution in [2.75, 3.05) is 18.0 Å². The van der Waals surface area contributed by atoms with Gasteiger partial charge in [-0.2, -0.15) is 0 Å². The fourth-order valence-electron chi connectivity index (χ4n) is 3.22. The predicted octanol–water partition coefficient (Wildman–Crippen LogP) is 3.87. The van der Waals surface area contributed by atoms with E-state index in [2.05, 4.69) is 34.5 Å². The molecule has 122 valence electrons. The number of furan rings is 1. The van der Waals surface area contributed by atoms with Crippen molar-refractivity contribution in [3.8, 4) is 0 Å². The summed E-state index contributed by atoms with van der Waals surface area (Å²) >= 11 is 1.45. The number of thiophene rings is 1. The van der Waals surface area contributed by atoms with Crippen LogP contribution < -0.4 is 10.2 Å². The van der Waals surface area contributed by atoms with Crippen molar-refractivity contribution in [2.45, 2.75) is 12.5 Å². The maximum atomic E-state index is 12.3. The summed E-state index contributed by atoms with van der Waals surface area (Å²) in [7, 11) is 0. The van der Waals surface area contributed by atoms with Gasteiger partial charge in [-0.1, -0.05) is 24.3 Å². The number of hydrogen-bond donors (Lipinski definition) is 1. The first-order chi connectivity index (χ1) is 11.8. The number of para-hydroxylation sites is 1. The Labute approximate surface area is 144 Å². The second-order valence-corrected chi connectivity index (χ2v) is 6.74. The lowest BCUT2D eigenvalue weighted by atomic mass is 10.1. The lowest BCUT2D eigenvalue weighted by Gasteiger charge is -2.29. The molecule has 4 rings (SSSR count). The second-order valence-electron chi connectivity index (χ2n) is 5.79. The van der Waals surface area contributed by atoms with E-state index in [1.54, 1.807) is 6.26 Å². The van der Waals surface area contributed by atoms with Crippen LogP contribution in [-0.2, 0) is 6.42 Å². The molecule has 0 saturated carbocycles. The summed E-state index contributed by atoms with van der Waals surface area (Å²) in [5, 5.41) is 4.96. The molecule has 1 aliphatic rings. The molecule has 1 atom stereocenters. The van der Waals surface area contributed by atoms with Crippen molar-refractivity contribution in [2.24, 2.45) is 0 Å². The van der Waals surface area contributed by atoms with Crippen LogP contribution >= 0.6 is 11.3 Å². The van der Waals surface area contributed by atoms with Gasteiger partial charge in [0.15, 0.2) is 0 Å². The van der Waals surface area contributed by atoms with E-state index in [4.69, 9.17) is 4.42 Å². The number of anilines is 1. The number of fused-ring (bicyclic) bond motifs is 1. The van der Waals surface area contributed by atoms with E-state index in [1.807, 2.05) is 29.6 Å². The minimum atomic E-state index is -0.0333. The highest BCUT2D eigenvalue weighted by Gasteiger charge is 2.29. The van der Waals surface area contributed by atoms with E-state index in [1.165, 1.54) is 22.6 Å². The van der Waals surface area contributed by atoms with Gasteiger partial charge in [0.2, 0.25) is 0 Å². The largest absolute Gasteiger partial charge is 0.467 e. The van der Waals surface area contributed by atoms with Gasteiger partial charge in [-0.05, 0) is 41.6 Å². The number of amides is 1. The molecule has 1 amide bonds. The van der Waals surface area contributed by atoms with Gasteiger partial charge in [0, 0.05) is 18.8 Å². The Kier molecular flexibility index (Phi) is 4.09. The fraction of sp³-hybridized carbons (Fsp3) is 0.211. The standard InChI is InChI=1S/C19H18N2O2S/c22-19(18-8-4-12-24-18)20-13-16(17-7-3-11-23-17)21-10-9-14-5-1-2-6-15(14)21/h1-8,11-12,16H,9-10,13H2,(H,20,22)/t16-/m0/s1. The Balaban J connectivity index is 1.56. The molecule has 3 heterocycles. The number of rotatable bonds is 5. The zero-order valence-corrected chi connectivity index (χ0v) is 14.0. The lowest BCUT2D eigenvalue weighted by molar-refractivity contribution is 0.0954. The third kappa shape index (κ3) is 2.83. The summed E-state index contributed by atoms with van der Waals surface area (Å²) in [6.45, 7) is 1.44. The molecule has 0 radical (unpaired) electrons. The summed E-state index contributed by atoms with van der Waals surface area (Å²) in [6, 6.07) is 16.0. The molecule has 0 spiro atoms. The first kappa shape index (κ1) is 15.0. The minimum absolute atomic E-state index is 0.00689. The molecule has 2 aromatic heterocycles. The van der Waals surface area contributed by atoms with Crippen molar-refractivity contribution in [3.05, 3.63) is 76.4 Å². The molecule has 24 heavy (non-hydrogen) atoms. The maximum Gasteiger partial charge on any atom is 0.261 e. The molecule has 0 bridgehead atoms. The molecule has 0 aliphatic carbocycles. The number of carbonyl (C=O) groups is 1. The molecule has 0 saturated heterocycles. The highest BCUT2D eigenvalue weighted by Crippen LogP contribution is 2.35. The zero-order valence-electron chi connectivity index (χ0n) is 13.1. The third-order valence-corrected chi connectivity index (χ3v) is 5.24. The molecule has 1 N–H and O–H groups in total. The number of benzene rings is 1. The van der Waals surface area contributed by atoms with Gasteiger partial charge in [0.05, 0.1) is 11.1 Å². The summed E-state index contributed by atoms with van der Waals surface area (Å²) in [5.74, 6) is 0.840. The van der Waals surface area contributed by atoms with Crippen molar-refractivity contribution in [3.63, 3.8) is 0 Å². The highest BCUT2D eigenvalue weighted by molar-refractivity contribution is 7.12. The number of carbonyl (C=O) groups excluding carboxylic acids is 1. The molecular weight excluding hydrogens is 320 g/mol. The Morgan fingerprint density at radius 3 is 2.92 bits per heavy atom. The quantitative estimate of drug-likeness (QED) is 0.768. The average molecular weight is 338 g/mol. The van der Waals surface area contributed by atoms with Crippen LogP contribution in [0.15, 0.2) is 64.6 Å². The summed E-state index contributed by atoms with van der Waals surface area (Å²) in [6.07, 6.45) is 2.71. The smallest absolute Gasteiger partial charge is 0.261 e. The van der Waals surface area contributed by atoms with E-state index in [9.17, 15) is 4.79 Å². The van der Waals surface area contributed by atoms with Crippen LogP contribution in [0.5, 0.6) is 0 Å². The molecule has 0 unspecified atom stereocenters. The minimum Gasteiger partial charge on any atom is -0.467 e. The first-order valence-electron chi connectivity index (χ1n) is 8.02. The van der Waals surface area contributed by atoms with Gasteiger partial charge in [0.1, 0.15) is 11.8 Å². The van der Waals surface area contributed by atoms with Gasteiger partial charge in [-0.15, -0.1) is 11.3 Å². The monoisotopic (exact) mass is 338 g/mol. The molecule has 3 aromatic rings. The Morgan fingerprint density at radius 2 is 2.12 bits per heavy atom. The van der Waals surface area contributed by atoms with Crippen LogP contribution in [-0.4, -0.2) is 19.0 Å². The first-order valence-corrected chi connectivity index (χ1v) is 8.90. The second kappa shape index (κ2) is 6.53. The van der Waals surface area contributed by atoms with Crippen molar-refractivity contribution < 1.29 is 9.21 Å². The van der Waals surface area contributed by atoms with Crippen LogP contribution in [0.1, 0.15) is 27.0 Å². The van der Waals surface area contributed by atoms with E-state index < -0.39 is 0 Å². The Morgan fingerprint density at radius 1 is 1.21 bits per heavy atom. The van der Waals surface area contributed by atoms with Crippen LogP contribution in [0, 0.1) is 0 Å². The Bertz CT molecular complexity index is 812. The van der Waals surface area contributed by atoms with E-state index in [0.717, 1.165) is 23.6 Å². The van der Waals surface area contributed by atoms with Crippen molar-refractivity contribution >= 4 is 22.9 Å². The molecule has 4 nitrogen and oxygen atoms in total. The van der Waals surface area contributed by atoms with Crippen LogP contribution in [0.25, 0.3) is 0 Å². The third-order valence-electron chi connectivity index (χ3n) is 4.37. The van der Waals surface area contributed by atoms with Crippen LogP contribution in [0.2, 0.25) is 0 Å². The summed E-state index contributed by atoms with van der Waals surface area (Å²) < 4.78 is 5.66. The molecule has 1 aromatic carbocycles. The number of nitrogens with one attached hydrogen (secondary N) is 1. The lowest BCUT2D eigenvalue weighted by Crippen LogP contribution is -2.37. The van der Waals surface area contributed by atoms with Gasteiger partial charge >= 0.3 is 0 Å². The summed E-state index contributed by atoms with van der Waals surface area (Å²) in [4.78, 5) is 15.3. The Hall–Kier alpha value is -2.53. The normalized spacial score (nSPS) is 14.4. The number of hydrogen-bond acceptors (Lipinski definition) is 4. The fourth-order valence-corrected chi connectivity index (χ4v) is 3.86. The average Bonchev–Trinajstić information content (AvgIpc) is 3.37. The SMILES string of the molecule is O=C(NC[C@@H](c1ccco1)N1CCc2ccccc21)c1cccs1. The van der Waals surface area contributed by atoms with E-state index in [-0.39, 0.29) is 11.9 Å². The van der Waals surface area contributed by atoms with Crippen LogP contribution in [0.4, 0.5) is 5.69 Å². The van der Waals surface area contributed by atoms with Crippen molar-refractivity contribution in [1.82, 2.24) is 5.32 Å². The molecule has 0 fully saturated rings. The van der Waals surface area contributed by atoms with Gasteiger partial charge in [-0.3, -0.25) is 4.79 Å². The maximum absolute atomic E-state index is 12.3. The molecule has 1 aliphatic heterocycles. The van der Waals surface area contributed by atoms with Crippen molar-refractivity contribution in [1.29, 1.82) is 0 Å². The van der Waals surface area contributed by atoms with Crippen LogP contribution in [0.3, 0.4) is 0 Å². The number of nitrogens with zero attached hydrogens (tertiary/aromatic N) is 1.